The molecular weight excluding hydrogens is 262 g/mol. The number of benzene rings is 1. The molecule has 1 aromatic carbocycles. The van der Waals surface area contributed by atoms with Crippen LogP contribution in [-0.4, -0.2) is 31.1 Å². The molecule has 3 nitrogen and oxygen atoms in total. The van der Waals surface area contributed by atoms with E-state index in [1.54, 1.807) is 12.1 Å². The fourth-order valence-corrected chi connectivity index (χ4v) is 1.61. The topological polar surface area (TPSA) is 44.3 Å². The summed E-state index contributed by atoms with van der Waals surface area (Å²) in [4.78, 5) is 0. The minimum Gasteiger partial charge on any atom is -0.377 e. The third-order valence-corrected chi connectivity index (χ3v) is 2.68. The smallest absolute Gasteiger partial charge is 0.146 e. The predicted octanol–water partition coefficient (Wildman–Crippen LogP) is 1.84. The molecule has 0 saturated heterocycles. The lowest BCUT2D eigenvalue weighted by molar-refractivity contribution is 0.132. The third-order valence-electron chi connectivity index (χ3n) is 2.38. The first-order valence-corrected chi connectivity index (χ1v) is 6.14. The molecule has 0 saturated carbocycles. The number of halogens is 3. The highest BCUT2D eigenvalue weighted by Gasteiger charge is 2.08. The Morgan fingerprint density at radius 1 is 1.39 bits per heavy atom. The van der Waals surface area contributed by atoms with Crippen molar-refractivity contribution in [1.82, 2.24) is 10.6 Å². The van der Waals surface area contributed by atoms with Crippen molar-refractivity contribution in [3.05, 3.63) is 34.6 Å². The number of rotatable bonds is 8. The van der Waals surface area contributed by atoms with E-state index >= 15 is 0 Å². The van der Waals surface area contributed by atoms with E-state index in [-0.39, 0.29) is 24.8 Å². The molecule has 1 rings (SSSR count). The van der Waals surface area contributed by atoms with Gasteiger partial charge in [0.1, 0.15) is 12.0 Å². The van der Waals surface area contributed by atoms with E-state index in [4.69, 9.17) is 11.6 Å². The Morgan fingerprint density at radius 2 is 2.17 bits per heavy atom. The SMILES string of the molecule is OC(CNCCCF)NCc1cccc(Cl)c1F. The Bertz CT molecular complexity index is 366. The van der Waals surface area contributed by atoms with Crippen LogP contribution in [0.3, 0.4) is 0 Å². The Labute approximate surface area is 110 Å². The fraction of sp³-hybridized carbons (Fsp3) is 0.500. The number of hydrogen-bond acceptors (Lipinski definition) is 3. The fourth-order valence-electron chi connectivity index (χ4n) is 1.42. The summed E-state index contributed by atoms with van der Waals surface area (Å²) in [5, 5.41) is 15.2. The molecule has 0 aliphatic heterocycles. The Hall–Kier alpha value is -0.750. The molecule has 0 amide bonds. The molecule has 6 heteroatoms. The molecule has 0 aromatic heterocycles. The normalized spacial score (nSPS) is 12.7. The van der Waals surface area contributed by atoms with Gasteiger partial charge in [-0.2, -0.15) is 0 Å². The van der Waals surface area contributed by atoms with Crippen LogP contribution in [0.25, 0.3) is 0 Å². The highest BCUT2D eigenvalue weighted by molar-refractivity contribution is 6.30. The van der Waals surface area contributed by atoms with Crippen molar-refractivity contribution in [1.29, 1.82) is 0 Å². The quantitative estimate of drug-likeness (QED) is 0.502. The number of alkyl halides is 1. The van der Waals surface area contributed by atoms with Crippen LogP contribution in [0, 0.1) is 5.82 Å². The molecule has 1 atom stereocenters. The van der Waals surface area contributed by atoms with E-state index in [9.17, 15) is 13.9 Å². The van der Waals surface area contributed by atoms with Gasteiger partial charge >= 0.3 is 0 Å². The van der Waals surface area contributed by atoms with Crippen molar-refractivity contribution in [3.8, 4) is 0 Å². The van der Waals surface area contributed by atoms with Crippen LogP contribution in [0.15, 0.2) is 18.2 Å². The summed E-state index contributed by atoms with van der Waals surface area (Å²) in [6.07, 6.45) is -0.404. The summed E-state index contributed by atoms with van der Waals surface area (Å²) in [5.74, 6) is -0.482. The minimum absolute atomic E-state index is 0.0601. The lowest BCUT2D eigenvalue weighted by Crippen LogP contribution is -2.38. The molecule has 0 aliphatic carbocycles. The van der Waals surface area contributed by atoms with Gasteiger partial charge in [0.05, 0.1) is 11.7 Å². The average molecular weight is 279 g/mol. The van der Waals surface area contributed by atoms with Gasteiger partial charge in [0, 0.05) is 18.7 Å². The van der Waals surface area contributed by atoms with E-state index in [0.717, 1.165) is 0 Å². The molecule has 102 valence electrons. The molecule has 18 heavy (non-hydrogen) atoms. The van der Waals surface area contributed by atoms with Gasteiger partial charge in [-0.1, -0.05) is 23.7 Å². The summed E-state index contributed by atoms with van der Waals surface area (Å²) in [7, 11) is 0. The van der Waals surface area contributed by atoms with Crippen LogP contribution >= 0.6 is 11.6 Å². The lowest BCUT2D eigenvalue weighted by Gasteiger charge is -2.14. The van der Waals surface area contributed by atoms with Gasteiger partial charge in [-0.05, 0) is 19.0 Å². The summed E-state index contributed by atoms with van der Waals surface area (Å²) in [6.45, 7) is 0.575. The minimum atomic E-state index is -0.817. The van der Waals surface area contributed by atoms with E-state index in [0.29, 0.717) is 18.5 Å². The van der Waals surface area contributed by atoms with Gasteiger partial charge in [-0.3, -0.25) is 9.71 Å². The molecular formula is C12H17ClF2N2O. The maximum absolute atomic E-state index is 13.5. The van der Waals surface area contributed by atoms with Crippen molar-refractivity contribution in [3.63, 3.8) is 0 Å². The lowest BCUT2D eigenvalue weighted by atomic mass is 10.2. The number of aliphatic hydroxyl groups is 1. The van der Waals surface area contributed by atoms with Crippen LogP contribution in [0.4, 0.5) is 8.78 Å². The van der Waals surface area contributed by atoms with Crippen molar-refractivity contribution in [2.45, 2.75) is 19.2 Å². The summed E-state index contributed by atoms with van der Waals surface area (Å²) >= 11 is 5.63. The van der Waals surface area contributed by atoms with Gasteiger partial charge < -0.3 is 10.4 Å². The molecule has 3 N–H and O–H groups in total. The van der Waals surface area contributed by atoms with Gasteiger partial charge in [0.2, 0.25) is 0 Å². The van der Waals surface area contributed by atoms with Crippen molar-refractivity contribution < 1.29 is 13.9 Å². The zero-order valence-corrected chi connectivity index (χ0v) is 10.7. The molecule has 0 fully saturated rings. The van der Waals surface area contributed by atoms with E-state index in [1.165, 1.54) is 6.07 Å². The average Bonchev–Trinajstić information content (AvgIpc) is 2.36. The Morgan fingerprint density at radius 3 is 2.89 bits per heavy atom. The summed E-state index contributed by atoms with van der Waals surface area (Å²) in [6, 6.07) is 4.71. The van der Waals surface area contributed by atoms with Gasteiger partial charge in [0.25, 0.3) is 0 Å². The van der Waals surface area contributed by atoms with Crippen molar-refractivity contribution >= 4 is 11.6 Å². The molecule has 0 heterocycles. The number of nitrogens with one attached hydrogen (secondary N) is 2. The highest BCUT2D eigenvalue weighted by atomic mass is 35.5. The van der Waals surface area contributed by atoms with Gasteiger partial charge in [-0.25, -0.2) is 4.39 Å². The van der Waals surface area contributed by atoms with E-state index < -0.39 is 12.0 Å². The van der Waals surface area contributed by atoms with E-state index in [1.807, 2.05) is 0 Å². The Balaban J connectivity index is 2.29. The molecule has 1 unspecified atom stereocenters. The standard InChI is InChI=1S/C12H17ClF2N2O/c13-10-4-1-3-9(12(10)15)7-17-11(18)8-16-6-2-5-14/h1,3-4,11,16-18H,2,5-8H2. The first-order chi connectivity index (χ1) is 8.65. The maximum atomic E-state index is 13.5. The van der Waals surface area contributed by atoms with Crippen LogP contribution in [-0.2, 0) is 6.54 Å². The molecule has 0 radical (unpaired) electrons. The van der Waals surface area contributed by atoms with Gasteiger partial charge in [0.15, 0.2) is 0 Å². The second-order valence-corrected chi connectivity index (χ2v) is 4.26. The summed E-state index contributed by atoms with van der Waals surface area (Å²) in [5.41, 5.74) is 0.394. The number of hydrogen-bond donors (Lipinski definition) is 3. The van der Waals surface area contributed by atoms with Crippen LogP contribution in [0.1, 0.15) is 12.0 Å². The van der Waals surface area contributed by atoms with Crippen LogP contribution in [0.5, 0.6) is 0 Å². The Kier molecular flexibility index (Phi) is 7.12. The summed E-state index contributed by atoms with van der Waals surface area (Å²) < 4.78 is 25.3. The van der Waals surface area contributed by atoms with E-state index in [2.05, 4.69) is 10.6 Å². The highest BCUT2D eigenvalue weighted by Crippen LogP contribution is 2.17. The molecule has 0 spiro atoms. The largest absolute Gasteiger partial charge is 0.377 e. The number of aliphatic hydroxyl groups excluding tert-OH is 1. The van der Waals surface area contributed by atoms with Crippen molar-refractivity contribution in [2.75, 3.05) is 19.8 Å². The zero-order chi connectivity index (χ0) is 13.4. The maximum Gasteiger partial charge on any atom is 0.146 e. The monoisotopic (exact) mass is 278 g/mol. The zero-order valence-electron chi connectivity index (χ0n) is 9.93. The molecule has 0 bridgehead atoms. The van der Waals surface area contributed by atoms with Crippen molar-refractivity contribution in [2.24, 2.45) is 0 Å². The first kappa shape index (κ1) is 15.3. The molecule has 1 aromatic rings. The third kappa shape index (κ3) is 5.27. The predicted molar refractivity (Wildman–Crippen MR) is 67.7 cm³/mol. The second kappa shape index (κ2) is 8.37. The van der Waals surface area contributed by atoms with Crippen LogP contribution in [0.2, 0.25) is 5.02 Å². The van der Waals surface area contributed by atoms with Crippen LogP contribution < -0.4 is 10.6 Å². The first-order valence-electron chi connectivity index (χ1n) is 5.76. The second-order valence-electron chi connectivity index (χ2n) is 3.86. The molecule has 0 aliphatic rings. The van der Waals surface area contributed by atoms with Gasteiger partial charge in [-0.15, -0.1) is 0 Å².